The summed E-state index contributed by atoms with van der Waals surface area (Å²) in [5, 5.41) is 8.69. The molecule has 0 N–H and O–H groups in total. The Bertz CT molecular complexity index is 719. The van der Waals surface area contributed by atoms with Crippen LogP contribution in [0.15, 0.2) is 47.4 Å². The number of piperidine rings is 1. The Morgan fingerprint density at radius 3 is 3.14 bits per heavy atom. The van der Waals surface area contributed by atoms with E-state index in [9.17, 15) is 0 Å². The Labute approximate surface area is 123 Å². The van der Waals surface area contributed by atoms with Crippen LogP contribution in [0.3, 0.4) is 0 Å². The molecule has 0 radical (unpaired) electrons. The summed E-state index contributed by atoms with van der Waals surface area (Å²) in [6.45, 7) is 3.11. The van der Waals surface area contributed by atoms with Crippen LogP contribution in [0.2, 0.25) is 0 Å². The molecule has 0 aromatic carbocycles. The van der Waals surface area contributed by atoms with E-state index in [4.69, 9.17) is 4.42 Å². The summed E-state index contributed by atoms with van der Waals surface area (Å²) in [7, 11) is 0. The molecule has 21 heavy (non-hydrogen) atoms. The van der Waals surface area contributed by atoms with Crippen LogP contribution in [0, 0.1) is 0 Å². The van der Waals surface area contributed by atoms with E-state index < -0.39 is 0 Å². The van der Waals surface area contributed by atoms with Crippen LogP contribution in [0.5, 0.6) is 0 Å². The summed E-state index contributed by atoms with van der Waals surface area (Å²) in [4.78, 5) is 2.48. The molecule has 3 aromatic rings. The lowest BCUT2D eigenvalue weighted by Crippen LogP contribution is -2.34. The maximum atomic E-state index is 5.16. The molecule has 3 aromatic heterocycles. The second-order valence-electron chi connectivity index (χ2n) is 5.69. The van der Waals surface area contributed by atoms with Crippen molar-refractivity contribution in [3.63, 3.8) is 0 Å². The van der Waals surface area contributed by atoms with Gasteiger partial charge in [-0.25, -0.2) is 0 Å². The van der Waals surface area contributed by atoms with Crippen molar-refractivity contribution in [2.45, 2.75) is 25.3 Å². The van der Waals surface area contributed by atoms with E-state index in [2.05, 4.69) is 25.7 Å². The lowest BCUT2D eigenvalue weighted by atomic mass is 9.97. The zero-order valence-electron chi connectivity index (χ0n) is 11.9. The number of rotatable bonds is 3. The van der Waals surface area contributed by atoms with Crippen LogP contribution in [0.25, 0.3) is 5.65 Å². The fourth-order valence-electron chi connectivity index (χ4n) is 3.19. The van der Waals surface area contributed by atoms with Crippen LogP contribution in [0.1, 0.15) is 30.1 Å². The fraction of sp³-hybridized carbons (Fsp3) is 0.375. The van der Waals surface area contributed by atoms with Crippen molar-refractivity contribution in [2.75, 3.05) is 13.1 Å². The molecule has 0 aliphatic carbocycles. The van der Waals surface area contributed by atoms with Crippen molar-refractivity contribution in [3.05, 3.63) is 54.4 Å². The average Bonchev–Trinajstić information content (AvgIpc) is 3.16. The van der Waals surface area contributed by atoms with Crippen molar-refractivity contribution in [1.82, 2.24) is 19.5 Å². The fourth-order valence-corrected chi connectivity index (χ4v) is 3.19. The van der Waals surface area contributed by atoms with E-state index in [-0.39, 0.29) is 0 Å². The largest absolute Gasteiger partial charge is 0.472 e. The van der Waals surface area contributed by atoms with E-state index >= 15 is 0 Å². The monoisotopic (exact) mass is 282 g/mol. The Morgan fingerprint density at radius 2 is 2.24 bits per heavy atom. The molecular formula is C16H18N4O. The summed E-state index contributed by atoms with van der Waals surface area (Å²) < 4.78 is 7.28. The van der Waals surface area contributed by atoms with E-state index in [1.54, 1.807) is 6.26 Å². The first-order valence-electron chi connectivity index (χ1n) is 7.43. The Morgan fingerprint density at radius 1 is 1.24 bits per heavy atom. The molecule has 0 unspecified atom stereocenters. The normalized spacial score (nSPS) is 20.1. The van der Waals surface area contributed by atoms with Gasteiger partial charge >= 0.3 is 0 Å². The van der Waals surface area contributed by atoms with Crippen molar-refractivity contribution in [3.8, 4) is 0 Å². The molecule has 108 valence electrons. The first-order chi connectivity index (χ1) is 10.4. The molecule has 1 atom stereocenters. The maximum Gasteiger partial charge on any atom is 0.160 e. The maximum absolute atomic E-state index is 5.16. The highest BCUT2D eigenvalue weighted by Gasteiger charge is 2.25. The van der Waals surface area contributed by atoms with E-state index in [1.165, 1.54) is 18.4 Å². The summed E-state index contributed by atoms with van der Waals surface area (Å²) >= 11 is 0. The van der Waals surface area contributed by atoms with E-state index in [0.29, 0.717) is 5.92 Å². The zero-order chi connectivity index (χ0) is 14.1. The second-order valence-corrected chi connectivity index (χ2v) is 5.69. The molecule has 5 heteroatoms. The number of hydrogen-bond acceptors (Lipinski definition) is 4. The summed E-state index contributed by atoms with van der Waals surface area (Å²) in [6, 6.07) is 8.07. The van der Waals surface area contributed by atoms with Crippen LogP contribution in [-0.4, -0.2) is 32.6 Å². The minimum absolute atomic E-state index is 0.447. The number of hydrogen-bond donors (Lipinski definition) is 0. The highest BCUT2D eigenvalue weighted by atomic mass is 16.3. The first-order valence-corrected chi connectivity index (χ1v) is 7.43. The topological polar surface area (TPSA) is 46.6 Å². The number of aromatic nitrogens is 3. The van der Waals surface area contributed by atoms with Gasteiger partial charge in [0.25, 0.3) is 0 Å². The van der Waals surface area contributed by atoms with Crippen LogP contribution >= 0.6 is 0 Å². The molecule has 4 heterocycles. The first kappa shape index (κ1) is 12.6. The average molecular weight is 282 g/mol. The van der Waals surface area contributed by atoms with Gasteiger partial charge in [0.05, 0.1) is 12.5 Å². The van der Waals surface area contributed by atoms with Crippen molar-refractivity contribution in [2.24, 2.45) is 0 Å². The van der Waals surface area contributed by atoms with Crippen LogP contribution in [-0.2, 0) is 6.54 Å². The molecule has 1 aliphatic rings. The minimum Gasteiger partial charge on any atom is -0.472 e. The number of likely N-dealkylation sites (tertiary alicyclic amines) is 1. The summed E-state index contributed by atoms with van der Waals surface area (Å²) in [5.74, 6) is 1.53. The third-order valence-electron chi connectivity index (χ3n) is 4.20. The third-order valence-corrected chi connectivity index (χ3v) is 4.20. The van der Waals surface area contributed by atoms with Gasteiger partial charge in [-0.05, 0) is 37.6 Å². The standard InChI is InChI=1S/C16H18N4O/c1-2-8-20-15(5-1)17-18-16(20)14-4-3-7-19(11-14)10-13-6-9-21-12-13/h1-2,5-6,8-9,12,14H,3-4,7,10-11H2/t14-/m0/s1. The van der Waals surface area contributed by atoms with Gasteiger partial charge in [-0.1, -0.05) is 6.07 Å². The zero-order valence-corrected chi connectivity index (χ0v) is 11.9. The lowest BCUT2D eigenvalue weighted by Gasteiger charge is -2.31. The molecule has 0 bridgehead atoms. The second kappa shape index (κ2) is 5.33. The molecule has 1 aliphatic heterocycles. The molecule has 1 saturated heterocycles. The lowest BCUT2D eigenvalue weighted by molar-refractivity contribution is 0.195. The van der Waals surface area contributed by atoms with E-state index in [1.807, 2.05) is 30.5 Å². The molecule has 4 rings (SSSR count). The van der Waals surface area contributed by atoms with Crippen LogP contribution < -0.4 is 0 Å². The third kappa shape index (κ3) is 2.45. The molecule has 5 nitrogen and oxygen atoms in total. The van der Waals surface area contributed by atoms with Gasteiger partial charge < -0.3 is 4.42 Å². The highest BCUT2D eigenvalue weighted by molar-refractivity contribution is 5.37. The number of fused-ring (bicyclic) bond motifs is 1. The SMILES string of the molecule is c1ccn2c([C@H]3CCCN(Cc4ccoc4)C3)nnc2c1. The van der Waals surface area contributed by atoms with Crippen molar-refractivity contribution in [1.29, 1.82) is 0 Å². The predicted octanol–water partition coefficient (Wildman–Crippen LogP) is 2.70. The van der Waals surface area contributed by atoms with E-state index in [0.717, 1.165) is 31.1 Å². The molecule has 0 spiro atoms. The van der Waals surface area contributed by atoms with Crippen molar-refractivity contribution >= 4 is 5.65 Å². The van der Waals surface area contributed by atoms with Gasteiger partial charge in [-0.2, -0.15) is 0 Å². The highest BCUT2D eigenvalue weighted by Crippen LogP contribution is 2.26. The van der Waals surface area contributed by atoms with Crippen molar-refractivity contribution < 1.29 is 4.42 Å². The van der Waals surface area contributed by atoms with Gasteiger partial charge in [-0.15, -0.1) is 10.2 Å². The Hall–Kier alpha value is -2.14. The van der Waals surface area contributed by atoms with Gasteiger partial charge in [0.2, 0.25) is 0 Å². The minimum atomic E-state index is 0.447. The van der Waals surface area contributed by atoms with Gasteiger partial charge in [0.15, 0.2) is 5.65 Å². The Balaban J connectivity index is 1.55. The summed E-state index contributed by atoms with van der Waals surface area (Å²) in [6.07, 6.45) is 8.00. The number of nitrogens with zero attached hydrogens (tertiary/aromatic N) is 4. The van der Waals surface area contributed by atoms with Gasteiger partial charge in [0, 0.05) is 30.8 Å². The van der Waals surface area contributed by atoms with Gasteiger partial charge in [-0.3, -0.25) is 9.30 Å². The molecular weight excluding hydrogens is 264 g/mol. The Kier molecular flexibility index (Phi) is 3.20. The number of pyridine rings is 1. The quantitative estimate of drug-likeness (QED) is 0.741. The summed E-state index contributed by atoms with van der Waals surface area (Å²) in [5.41, 5.74) is 2.17. The predicted molar refractivity (Wildman–Crippen MR) is 78.9 cm³/mol. The number of furan rings is 1. The van der Waals surface area contributed by atoms with Gasteiger partial charge in [0.1, 0.15) is 5.82 Å². The smallest absolute Gasteiger partial charge is 0.160 e. The molecule has 0 amide bonds. The molecule has 1 fully saturated rings. The molecule has 0 saturated carbocycles. The van der Waals surface area contributed by atoms with Crippen LogP contribution in [0.4, 0.5) is 0 Å².